The highest BCUT2D eigenvalue weighted by molar-refractivity contribution is 7.16. The Morgan fingerprint density at radius 3 is 2.52 bits per heavy atom. The zero-order chi connectivity index (χ0) is 21.0. The van der Waals surface area contributed by atoms with Crippen LogP contribution < -0.4 is 10.1 Å². The van der Waals surface area contributed by atoms with E-state index in [9.17, 15) is 9.59 Å². The summed E-state index contributed by atoms with van der Waals surface area (Å²) in [4.78, 5) is 31.5. The summed E-state index contributed by atoms with van der Waals surface area (Å²) in [7, 11) is 3.29. The molecule has 0 unspecified atom stereocenters. The van der Waals surface area contributed by atoms with E-state index in [0.717, 1.165) is 16.1 Å². The highest BCUT2D eigenvalue weighted by Crippen LogP contribution is 2.31. The number of carbonyl (C=O) groups is 2. The van der Waals surface area contributed by atoms with Crippen molar-refractivity contribution in [2.45, 2.75) is 6.92 Å². The lowest BCUT2D eigenvalue weighted by molar-refractivity contribution is -0.130. The third-order valence-corrected chi connectivity index (χ3v) is 5.25. The van der Waals surface area contributed by atoms with E-state index in [1.54, 1.807) is 50.5 Å². The lowest BCUT2D eigenvalue weighted by atomic mass is 10.1. The minimum absolute atomic E-state index is 0.144. The van der Waals surface area contributed by atoms with Crippen molar-refractivity contribution in [1.82, 2.24) is 9.88 Å². The van der Waals surface area contributed by atoms with Gasteiger partial charge in [0.15, 0.2) is 11.7 Å². The van der Waals surface area contributed by atoms with Gasteiger partial charge < -0.3 is 9.64 Å². The molecule has 29 heavy (non-hydrogen) atoms. The molecule has 0 aliphatic carbocycles. The van der Waals surface area contributed by atoms with Crippen molar-refractivity contribution in [3.63, 3.8) is 0 Å². The number of nitrogens with zero attached hydrogens (tertiary/aromatic N) is 2. The first-order chi connectivity index (χ1) is 13.8. The number of rotatable bonds is 6. The monoisotopic (exact) mass is 429 g/mol. The highest BCUT2D eigenvalue weighted by atomic mass is 35.5. The number of aromatic nitrogens is 1. The molecule has 0 spiro atoms. The predicted octanol–water partition coefficient (Wildman–Crippen LogP) is 4.49. The van der Waals surface area contributed by atoms with E-state index in [4.69, 9.17) is 16.3 Å². The van der Waals surface area contributed by atoms with Gasteiger partial charge in [-0.1, -0.05) is 35.9 Å². The number of hydrogen-bond donors (Lipinski definition) is 1. The van der Waals surface area contributed by atoms with Gasteiger partial charge in [-0.15, -0.1) is 11.3 Å². The van der Waals surface area contributed by atoms with Crippen LogP contribution in [0.3, 0.4) is 0 Å². The van der Waals surface area contributed by atoms with Gasteiger partial charge >= 0.3 is 0 Å². The largest absolute Gasteiger partial charge is 0.483 e. The first kappa shape index (κ1) is 20.8. The molecule has 0 aliphatic heterocycles. The fourth-order valence-corrected chi connectivity index (χ4v) is 3.50. The first-order valence-electron chi connectivity index (χ1n) is 8.82. The average Bonchev–Trinajstić information content (AvgIpc) is 3.06. The second-order valence-electron chi connectivity index (χ2n) is 6.46. The third-order valence-electron chi connectivity index (χ3n) is 4.12. The lowest BCUT2D eigenvalue weighted by Crippen LogP contribution is -2.28. The molecule has 0 radical (unpaired) electrons. The minimum Gasteiger partial charge on any atom is -0.483 e. The first-order valence-corrected chi connectivity index (χ1v) is 10.0. The molecule has 0 aliphatic rings. The fourth-order valence-electron chi connectivity index (χ4n) is 2.54. The summed E-state index contributed by atoms with van der Waals surface area (Å²) in [5.41, 5.74) is 2.05. The van der Waals surface area contributed by atoms with E-state index < -0.39 is 0 Å². The summed E-state index contributed by atoms with van der Waals surface area (Å²) >= 11 is 7.33. The van der Waals surface area contributed by atoms with E-state index in [1.165, 1.54) is 16.2 Å². The number of para-hydroxylation sites is 1. The van der Waals surface area contributed by atoms with Gasteiger partial charge in [-0.05, 0) is 31.2 Å². The van der Waals surface area contributed by atoms with Crippen molar-refractivity contribution in [3.05, 3.63) is 64.0 Å². The number of benzene rings is 2. The Balaban J connectivity index is 1.77. The minimum atomic E-state index is -0.352. The van der Waals surface area contributed by atoms with Gasteiger partial charge in [0.1, 0.15) is 5.75 Å². The SMILES string of the molecule is Cc1sc(NC(=O)c2ccccc2OCC(=O)N(C)C)nc1-c1ccc(Cl)cc1. The molecule has 1 heterocycles. The molecule has 3 aromatic rings. The smallest absolute Gasteiger partial charge is 0.261 e. The molecule has 2 amide bonds. The molecular formula is C21H20ClN3O3S. The average molecular weight is 430 g/mol. The van der Waals surface area contributed by atoms with Gasteiger partial charge in [0.25, 0.3) is 11.8 Å². The number of thiazole rings is 1. The summed E-state index contributed by atoms with van der Waals surface area (Å²) in [5.74, 6) is -0.205. The summed E-state index contributed by atoms with van der Waals surface area (Å²) < 4.78 is 5.55. The molecule has 2 aromatic carbocycles. The van der Waals surface area contributed by atoms with Gasteiger partial charge in [0, 0.05) is 29.6 Å². The molecule has 0 fully saturated rings. The second kappa shape index (κ2) is 9.07. The lowest BCUT2D eigenvalue weighted by Gasteiger charge is -2.13. The van der Waals surface area contributed by atoms with Gasteiger partial charge in [-0.2, -0.15) is 0 Å². The number of aryl methyl sites for hydroxylation is 1. The van der Waals surface area contributed by atoms with Crippen molar-refractivity contribution in [2.24, 2.45) is 0 Å². The Bertz CT molecular complexity index is 1030. The Hall–Kier alpha value is -2.90. The number of anilines is 1. The van der Waals surface area contributed by atoms with Crippen LogP contribution in [0.5, 0.6) is 5.75 Å². The molecule has 0 saturated heterocycles. The summed E-state index contributed by atoms with van der Waals surface area (Å²) in [6.45, 7) is 1.80. The zero-order valence-corrected chi connectivity index (χ0v) is 17.8. The van der Waals surface area contributed by atoms with Gasteiger partial charge in [-0.25, -0.2) is 4.98 Å². The van der Waals surface area contributed by atoms with Crippen LogP contribution in [0.4, 0.5) is 5.13 Å². The Morgan fingerprint density at radius 2 is 1.83 bits per heavy atom. The van der Waals surface area contributed by atoms with Crippen LogP contribution in [0.1, 0.15) is 15.2 Å². The summed E-state index contributed by atoms with van der Waals surface area (Å²) in [5, 5.41) is 3.95. The van der Waals surface area contributed by atoms with E-state index in [-0.39, 0.29) is 18.4 Å². The molecule has 8 heteroatoms. The summed E-state index contributed by atoms with van der Waals surface area (Å²) in [6, 6.07) is 14.2. The van der Waals surface area contributed by atoms with Crippen LogP contribution >= 0.6 is 22.9 Å². The number of likely N-dealkylation sites (N-methyl/N-ethyl adjacent to an activating group) is 1. The van der Waals surface area contributed by atoms with Crippen molar-refractivity contribution in [3.8, 4) is 17.0 Å². The molecular weight excluding hydrogens is 410 g/mol. The number of ether oxygens (including phenoxy) is 1. The molecule has 6 nitrogen and oxygen atoms in total. The molecule has 3 rings (SSSR count). The Morgan fingerprint density at radius 1 is 1.14 bits per heavy atom. The van der Waals surface area contributed by atoms with Crippen LogP contribution in [0.2, 0.25) is 5.02 Å². The van der Waals surface area contributed by atoms with Crippen LogP contribution in [0.25, 0.3) is 11.3 Å². The van der Waals surface area contributed by atoms with Gasteiger partial charge in [0.05, 0.1) is 11.3 Å². The van der Waals surface area contributed by atoms with E-state index in [0.29, 0.717) is 21.5 Å². The fraction of sp³-hybridized carbons (Fsp3) is 0.190. The third kappa shape index (κ3) is 5.13. The van der Waals surface area contributed by atoms with Crippen LogP contribution in [0.15, 0.2) is 48.5 Å². The van der Waals surface area contributed by atoms with E-state index >= 15 is 0 Å². The molecule has 150 valence electrons. The summed E-state index contributed by atoms with van der Waals surface area (Å²) in [6.07, 6.45) is 0. The van der Waals surface area contributed by atoms with Crippen molar-refractivity contribution in [2.75, 3.05) is 26.0 Å². The molecule has 0 bridgehead atoms. The molecule has 1 N–H and O–H groups in total. The number of halogens is 1. The second-order valence-corrected chi connectivity index (χ2v) is 8.10. The van der Waals surface area contributed by atoms with Crippen LogP contribution in [0, 0.1) is 6.92 Å². The predicted molar refractivity (Wildman–Crippen MR) is 116 cm³/mol. The standard InChI is InChI=1S/C21H20ClN3O3S/c1-13-19(14-8-10-15(22)11-9-14)23-21(29-13)24-20(27)16-6-4-5-7-17(16)28-12-18(26)25(2)3/h4-11H,12H2,1-3H3,(H,23,24,27). The highest BCUT2D eigenvalue weighted by Gasteiger charge is 2.17. The normalized spacial score (nSPS) is 10.5. The van der Waals surface area contributed by atoms with Crippen molar-refractivity contribution >= 4 is 39.9 Å². The topological polar surface area (TPSA) is 71.5 Å². The van der Waals surface area contributed by atoms with Crippen LogP contribution in [-0.2, 0) is 4.79 Å². The van der Waals surface area contributed by atoms with Crippen molar-refractivity contribution in [1.29, 1.82) is 0 Å². The molecule has 1 aromatic heterocycles. The molecule has 0 saturated carbocycles. The van der Waals surface area contributed by atoms with E-state index in [2.05, 4.69) is 10.3 Å². The zero-order valence-electron chi connectivity index (χ0n) is 16.2. The van der Waals surface area contributed by atoms with Gasteiger partial charge in [-0.3, -0.25) is 14.9 Å². The maximum atomic E-state index is 12.8. The Labute approximate surface area is 178 Å². The molecule has 0 atom stereocenters. The maximum absolute atomic E-state index is 12.8. The van der Waals surface area contributed by atoms with E-state index in [1.807, 2.05) is 19.1 Å². The number of amides is 2. The quantitative estimate of drug-likeness (QED) is 0.626. The maximum Gasteiger partial charge on any atom is 0.261 e. The van der Waals surface area contributed by atoms with Gasteiger partial charge in [0.2, 0.25) is 0 Å². The number of nitrogens with one attached hydrogen (secondary N) is 1. The number of hydrogen-bond acceptors (Lipinski definition) is 5. The van der Waals surface area contributed by atoms with Crippen LogP contribution in [-0.4, -0.2) is 42.4 Å². The number of carbonyl (C=O) groups excluding carboxylic acids is 2. The Kier molecular flexibility index (Phi) is 6.51. The van der Waals surface area contributed by atoms with Crippen molar-refractivity contribution < 1.29 is 14.3 Å².